The van der Waals surface area contributed by atoms with Gasteiger partial charge in [-0.3, -0.25) is 15.0 Å². The summed E-state index contributed by atoms with van der Waals surface area (Å²) in [4.78, 5) is 25.3. The van der Waals surface area contributed by atoms with Crippen LogP contribution in [0.5, 0.6) is 5.75 Å². The minimum absolute atomic E-state index is 0.0531. The van der Waals surface area contributed by atoms with Gasteiger partial charge in [-0.05, 0) is 41.7 Å². The standard InChI is InChI=1S/C27H31N5O5S/c28-26(29)22-12-9-20(10-13-22)16-30-25(34)17-31-27(35)24(14-11-19-5-2-1-3-6-19)32-38(36,37)18-21-7-4-8-23(33)15-21/h1-10,12-13,15,24,32-33H,11,14,16-18H2,(H3,28,29)(H,30,34)(H,31,35)/t24-/m1/s1. The van der Waals surface area contributed by atoms with Crippen LogP contribution >= 0.6 is 0 Å². The molecule has 7 N–H and O–H groups in total. The molecule has 2 amide bonds. The van der Waals surface area contributed by atoms with Crippen LogP contribution in [-0.2, 0) is 38.3 Å². The second-order valence-electron chi connectivity index (χ2n) is 8.73. The molecule has 0 bridgehead atoms. The van der Waals surface area contributed by atoms with Crippen molar-refractivity contribution in [3.8, 4) is 5.75 Å². The number of nitrogens with two attached hydrogens (primary N) is 1. The van der Waals surface area contributed by atoms with E-state index in [4.69, 9.17) is 11.1 Å². The average Bonchev–Trinajstić information content (AvgIpc) is 2.89. The molecule has 1 atom stereocenters. The molecule has 0 spiro atoms. The second-order valence-corrected chi connectivity index (χ2v) is 10.5. The summed E-state index contributed by atoms with van der Waals surface area (Å²) in [7, 11) is -3.94. The number of amidine groups is 1. The molecule has 0 aromatic heterocycles. The smallest absolute Gasteiger partial charge is 0.239 e. The fraction of sp³-hybridized carbons (Fsp3) is 0.222. The van der Waals surface area contributed by atoms with Gasteiger partial charge in [-0.2, -0.15) is 0 Å². The van der Waals surface area contributed by atoms with E-state index in [2.05, 4.69) is 15.4 Å². The van der Waals surface area contributed by atoms with E-state index in [1.165, 1.54) is 18.2 Å². The van der Waals surface area contributed by atoms with Crippen molar-refractivity contribution >= 4 is 27.7 Å². The van der Waals surface area contributed by atoms with E-state index in [-0.39, 0.29) is 31.1 Å². The lowest BCUT2D eigenvalue weighted by molar-refractivity contribution is -0.127. The third-order valence-electron chi connectivity index (χ3n) is 5.65. The largest absolute Gasteiger partial charge is 0.508 e. The number of nitrogens with one attached hydrogen (secondary N) is 4. The zero-order valence-corrected chi connectivity index (χ0v) is 21.5. The van der Waals surface area contributed by atoms with Gasteiger partial charge < -0.3 is 21.5 Å². The van der Waals surface area contributed by atoms with Gasteiger partial charge >= 0.3 is 0 Å². The SMILES string of the molecule is N=C(N)c1ccc(CNC(=O)CNC(=O)[C@@H](CCc2ccccc2)NS(=O)(=O)Cc2cccc(O)c2)cc1. The van der Waals surface area contributed by atoms with Gasteiger partial charge in [0.05, 0.1) is 12.3 Å². The highest BCUT2D eigenvalue weighted by atomic mass is 32.2. The number of phenols is 1. The molecule has 3 rings (SSSR count). The normalized spacial score (nSPS) is 11.9. The molecule has 0 heterocycles. The number of aryl methyl sites for hydroxylation is 1. The Labute approximate surface area is 221 Å². The number of hydrogen-bond acceptors (Lipinski definition) is 6. The van der Waals surface area contributed by atoms with Gasteiger partial charge in [0.1, 0.15) is 17.6 Å². The van der Waals surface area contributed by atoms with Crippen LogP contribution in [-0.4, -0.2) is 43.8 Å². The Morgan fingerprint density at radius 3 is 2.24 bits per heavy atom. The number of carbonyl (C=O) groups is 2. The Kier molecular flexibility index (Phi) is 9.97. The van der Waals surface area contributed by atoms with Crippen molar-refractivity contribution in [2.45, 2.75) is 31.2 Å². The maximum absolute atomic E-state index is 12.9. The fourth-order valence-corrected chi connectivity index (χ4v) is 5.04. The molecule has 11 heteroatoms. The van der Waals surface area contributed by atoms with Gasteiger partial charge in [0.15, 0.2) is 0 Å². The van der Waals surface area contributed by atoms with Crippen LogP contribution in [0.1, 0.15) is 28.7 Å². The maximum atomic E-state index is 12.9. The summed E-state index contributed by atoms with van der Waals surface area (Å²) in [5.74, 6) is -1.60. The van der Waals surface area contributed by atoms with Gasteiger partial charge in [0.2, 0.25) is 21.8 Å². The summed E-state index contributed by atoms with van der Waals surface area (Å²) < 4.78 is 28.1. The third-order valence-corrected chi connectivity index (χ3v) is 7.00. The van der Waals surface area contributed by atoms with E-state index < -0.39 is 33.6 Å². The van der Waals surface area contributed by atoms with Gasteiger partial charge in [0.25, 0.3) is 0 Å². The maximum Gasteiger partial charge on any atom is 0.239 e. The van der Waals surface area contributed by atoms with E-state index in [1.54, 1.807) is 30.3 Å². The second kappa shape index (κ2) is 13.4. The molecule has 38 heavy (non-hydrogen) atoms. The summed E-state index contributed by atoms with van der Waals surface area (Å²) in [5.41, 5.74) is 8.10. The number of phenolic OH excluding ortho intramolecular Hbond substituents is 1. The number of nitrogen functional groups attached to an aromatic ring is 1. The number of aromatic hydroxyl groups is 1. The van der Waals surface area contributed by atoms with Crippen molar-refractivity contribution in [2.24, 2.45) is 5.73 Å². The molecule has 0 saturated carbocycles. The first kappa shape index (κ1) is 28.4. The molecule has 3 aromatic carbocycles. The van der Waals surface area contributed by atoms with Gasteiger partial charge in [-0.1, -0.05) is 66.7 Å². The molecule has 0 aliphatic heterocycles. The Morgan fingerprint density at radius 1 is 0.895 bits per heavy atom. The quantitative estimate of drug-likeness (QED) is 0.142. The Balaban J connectivity index is 1.59. The Bertz CT molecular complexity index is 1360. The van der Waals surface area contributed by atoms with E-state index in [1.807, 2.05) is 30.3 Å². The highest BCUT2D eigenvalue weighted by Gasteiger charge is 2.25. The highest BCUT2D eigenvalue weighted by Crippen LogP contribution is 2.14. The van der Waals surface area contributed by atoms with Crippen LogP contribution in [0, 0.1) is 5.41 Å². The van der Waals surface area contributed by atoms with Crippen molar-refractivity contribution in [1.82, 2.24) is 15.4 Å². The number of amides is 2. The first-order valence-electron chi connectivity index (χ1n) is 11.9. The summed E-state index contributed by atoms with van der Waals surface area (Å²) in [5, 5.41) is 22.2. The molecule has 0 unspecified atom stereocenters. The van der Waals surface area contributed by atoms with Gasteiger partial charge in [0, 0.05) is 12.1 Å². The predicted molar refractivity (Wildman–Crippen MR) is 145 cm³/mol. The molecule has 0 aliphatic carbocycles. The summed E-state index contributed by atoms with van der Waals surface area (Å²) >= 11 is 0. The van der Waals surface area contributed by atoms with Crippen LogP contribution in [0.15, 0.2) is 78.9 Å². The van der Waals surface area contributed by atoms with Crippen molar-refractivity contribution in [1.29, 1.82) is 5.41 Å². The molecular formula is C27H31N5O5S. The van der Waals surface area contributed by atoms with E-state index >= 15 is 0 Å². The predicted octanol–water partition coefficient (Wildman–Crippen LogP) is 1.53. The van der Waals surface area contributed by atoms with Crippen molar-refractivity contribution in [2.75, 3.05) is 6.54 Å². The summed E-state index contributed by atoms with van der Waals surface area (Å²) in [6.45, 7) is -0.124. The first-order chi connectivity index (χ1) is 18.1. The van der Waals surface area contributed by atoms with Crippen molar-refractivity contribution in [3.63, 3.8) is 0 Å². The summed E-state index contributed by atoms with van der Waals surface area (Å²) in [6.07, 6.45) is 0.620. The lowest BCUT2D eigenvalue weighted by Crippen LogP contribution is -2.49. The number of sulfonamides is 1. The Hall–Kier alpha value is -4.22. The number of benzene rings is 3. The fourth-order valence-electron chi connectivity index (χ4n) is 3.68. The van der Waals surface area contributed by atoms with Crippen molar-refractivity contribution < 1.29 is 23.1 Å². The number of rotatable bonds is 13. The molecular weight excluding hydrogens is 506 g/mol. The van der Waals surface area contributed by atoms with Gasteiger partial charge in [-0.25, -0.2) is 13.1 Å². The minimum Gasteiger partial charge on any atom is -0.508 e. The molecule has 0 saturated heterocycles. The Morgan fingerprint density at radius 2 is 1.58 bits per heavy atom. The van der Waals surface area contributed by atoms with E-state index in [9.17, 15) is 23.1 Å². The zero-order chi connectivity index (χ0) is 27.5. The minimum atomic E-state index is -3.94. The first-order valence-corrected chi connectivity index (χ1v) is 13.6. The number of hydrogen-bond donors (Lipinski definition) is 6. The molecule has 3 aromatic rings. The monoisotopic (exact) mass is 537 g/mol. The molecule has 0 fully saturated rings. The number of carbonyl (C=O) groups excluding carboxylic acids is 2. The highest BCUT2D eigenvalue weighted by molar-refractivity contribution is 7.88. The lowest BCUT2D eigenvalue weighted by atomic mass is 10.1. The molecule has 0 radical (unpaired) electrons. The topological polar surface area (TPSA) is 174 Å². The van der Waals surface area contributed by atoms with Crippen LogP contribution in [0.2, 0.25) is 0 Å². The molecule has 200 valence electrons. The summed E-state index contributed by atoms with van der Waals surface area (Å²) in [6, 6.07) is 20.9. The van der Waals surface area contributed by atoms with Crippen LogP contribution in [0.25, 0.3) is 0 Å². The van der Waals surface area contributed by atoms with Crippen molar-refractivity contribution in [3.05, 3.63) is 101 Å². The third kappa shape index (κ3) is 9.34. The zero-order valence-electron chi connectivity index (χ0n) is 20.7. The van der Waals surface area contributed by atoms with Crippen LogP contribution < -0.4 is 21.1 Å². The van der Waals surface area contributed by atoms with E-state index in [0.29, 0.717) is 17.5 Å². The van der Waals surface area contributed by atoms with Gasteiger partial charge in [-0.15, -0.1) is 0 Å². The lowest BCUT2D eigenvalue weighted by Gasteiger charge is -2.19. The van der Waals surface area contributed by atoms with Crippen LogP contribution in [0.3, 0.4) is 0 Å². The molecule has 10 nitrogen and oxygen atoms in total. The van der Waals surface area contributed by atoms with E-state index in [0.717, 1.165) is 11.1 Å². The van der Waals surface area contributed by atoms with Crippen LogP contribution in [0.4, 0.5) is 0 Å². The average molecular weight is 538 g/mol. The molecule has 0 aliphatic rings.